The lowest BCUT2D eigenvalue weighted by molar-refractivity contribution is 0.225. The molecule has 0 aromatic heterocycles. The van der Waals surface area contributed by atoms with Crippen LogP contribution in [0.4, 0.5) is 0 Å². The van der Waals surface area contributed by atoms with Gasteiger partial charge in [0.2, 0.25) is 0 Å². The third-order valence-electron chi connectivity index (χ3n) is 2.40. The first-order chi connectivity index (χ1) is 5.20. The van der Waals surface area contributed by atoms with Crippen LogP contribution in [0.5, 0.6) is 0 Å². The van der Waals surface area contributed by atoms with Crippen LogP contribution < -0.4 is 0 Å². The predicted octanol–water partition coefficient (Wildman–Crippen LogP) is 2.83. The van der Waals surface area contributed by atoms with Crippen molar-refractivity contribution in [2.75, 3.05) is 6.61 Å². The molecule has 1 heteroatoms. The molecule has 0 spiro atoms. The smallest absolute Gasteiger partial charge is 0.0456 e. The number of hydrogen-bond donors (Lipinski definition) is 1. The largest absolute Gasteiger partial charge is 0.396 e. The van der Waals surface area contributed by atoms with E-state index in [9.17, 15) is 0 Å². The molecule has 0 aromatic carbocycles. The standard InChI is InChI=1S/C10H22O/c1-4-9(2)6-5-7-10(3)8-11/h9-11H,4-8H2,1-3H3/t9-,10+/m1/s1. The van der Waals surface area contributed by atoms with Crippen LogP contribution in [0, 0.1) is 11.8 Å². The Morgan fingerprint density at radius 3 is 2.09 bits per heavy atom. The topological polar surface area (TPSA) is 20.2 Å². The monoisotopic (exact) mass is 158 g/mol. The molecule has 1 nitrogen and oxygen atoms in total. The minimum atomic E-state index is 0.348. The van der Waals surface area contributed by atoms with Crippen molar-refractivity contribution in [2.24, 2.45) is 11.8 Å². The summed E-state index contributed by atoms with van der Waals surface area (Å²) in [6, 6.07) is 0. The van der Waals surface area contributed by atoms with Crippen LogP contribution in [0.15, 0.2) is 0 Å². The minimum absolute atomic E-state index is 0.348. The summed E-state index contributed by atoms with van der Waals surface area (Å²) in [5, 5.41) is 8.76. The van der Waals surface area contributed by atoms with Gasteiger partial charge in [0.05, 0.1) is 0 Å². The van der Waals surface area contributed by atoms with Crippen molar-refractivity contribution >= 4 is 0 Å². The van der Waals surface area contributed by atoms with E-state index < -0.39 is 0 Å². The third-order valence-corrected chi connectivity index (χ3v) is 2.40. The van der Waals surface area contributed by atoms with Crippen LogP contribution in [0.1, 0.15) is 46.5 Å². The number of hydrogen-bond acceptors (Lipinski definition) is 1. The van der Waals surface area contributed by atoms with Crippen LogP contribution in [-0.2, 0) is 0 Å². The van der Waals surface area contributed by atoms with Crippen molar-refractivity contribution in [3.05, 3.63) is 0 Å². The van der Waals surface area contributed by atoms with E-state index in [1.54, 1.807) is 0 Å². The van der Waals surface area contributed by atoms with E-state index >= 15 is 0 Å². The third kappa shape index (κ3) is 6.36. The first-order valence-corrected chi connectivity index (χ1v) is 4.81. The van der Waals surface area contributed by atoms with Gasteiger partial charge in [-0.1, -0.05) is 40.0 Å². The summed E-state index contributed by atoms with van der Waals surface area (Å²) in [7, 11) is 0. The quantitative estimate of drug-likeness (QED) is 0.630. The Hall–Kier alpha value is -0.0400. The molecule has 0 rings (SSSR count). The molecule has 11 heavy (non-hydrogen) atoms. The molecule has 0 fully saturated rings. The fourth-order valence-corrected chi connectivity index (χ4v) is 1.11. The molecule has 0 radical (unpaired) electrons. The SMILES string of the molecule is CC[C@@H](C)CCC[C@H](C)CO. The van der Waals surface area contributed by atoms with Gasteiger partial charge in [-0.2, -0.15) is 0 Å². The molecule has 0 aromatic rings. The molecule has 2 atom stereocenters. The number of aliphatic hydroxyl groups is 1. The second kappa shape index (κ2) is 6.66. The lowest BCUT2D eigenvalue weighted by Gasteiger charge is -2.10. The summed E-state index contributed by atoms with van der Waals surface area (Å²) in [6.45, 7) is 6.99. The average molecular weight is 158 g/mol. The Bertz CT molecular complexity index is 70.9. The fraction of sp³-hybridized carbons (Fsp3) is 1.00. The van der Waals surface area contributed by atoms with Crippen molar-refractivity contribution in [1.82, 2.24) is 0 Å². The molecule has 0 bridgehead atoms. The molecular weight excluding hydrogens is 136 g/mol. The maximum atomic E-state index is 8.76. The van der Waals surface area contributed by atoms with E-state index in [0.717, 1.165) is 5.92 Å². The normalized spacial score (nSPS) is 16.4. The van der Waals surface area contributed by atoms with Crippen LogP contribution in [0.25, 0.3) is 0 Å². The average Bonchev–Trinajstić information content (AvgIpc) is 2.04. The Labute approximate surface area is 70.8 Å². The van der Waals surface area contributed by atoms with Gasteiger partial charge in [0.25, 0.3) is 0 Å². The number of rotatable bonds is 6. The van der Waals surface area contributed by atoms with Gasteiger partial charge in [-0.05, 0) is 18.3 Å². The first kappa shape index (κ1) is 11.0. The lowest BCUT2D eigenvalue weighted by atomic mass is 9.98. The fourth-order valence-electron chi connectivity index (χ4n) is 1.11. The van der Waals surface area contributed by atoms with Crippen LogP contribution >= 0.6 is 0 Å². The van der Waals surface area contributed by atoms with Gasteiger partial charge in [0.15, 0.2) is 0 Å². The first-order valence-electron chi connectivity index (χ1n) is 4.81. The molecule has 0 aliphatic carbocycles. The molecule has 0 unspecified atom stereocenters. The molecule has 0 heterocycles. The van der Waals surface area contributed by atoms with Crippen molar-refractivity contribution in [1.29, 1.82) is 0 Å². The molecule has 0 saturated heterocycles. The van der Waals surface area contributed by atoms with Crippen LogP contribution in [0.3, 0.4) is 0 Å². The van der Waals surface area contributed by atoms with E-state index in [1.807, 2.05) is 0 Å². The van der Waals surface area contributed by atoms with E-state index in [4.69, 9.17) is 5.11 Å². The summed E-state index contributed by atoms with van der Waals surface area (Å²) in [5.74, 6) is 1.36. The van der Waals surface area contributed by atoms with Gasteiger partial charge in [-0.15, -0.1) is 0 Å². The Morgan fingerprint density at radius 2 is 1.64 bits per heavy atom. The Balaban J connectivity index is 3.13. The highest BCUT2D eigenvalue weighted by Crippen LogP contribution is 2.14. The maximum absolute atomic E-state index is 8.76. The van der Waals surface area contributed by atoms with E-state index in [1.165, 1.54) is 25.7 Å². The minimum Gasteiger partial charge on any atom is -0.396 e. The highest BCUT2D eigenvalue weighted by molar-refractivity contribution is 4.54. The maximum Gasteiger partial charge on any atom is 0.0456 e. The zero-order valence-corrected chi connectivity index (χ0v) is 8.14. The molecule has 0 aliphatic heterocycles. The van der Waals surface area contributed by atoms with Gasteiger partial charge in [0, 0.05) is 6.61 Å². The summed E-state index contributed by atoms with van der Waals surface area (Å²) in [5.41, 5.74) is 0. The highest BCUT2D eigenvalue weighted by atomic mass is 16.3. The summed E-state index contributed by atoms with van der Waals surface area (Å²) >= 11 is 0. The van der Waals surface area contributed by atoms with Gasteiger partial charge >= 0.3 is 0 Å². The molecule has 68 valence electrons. The van der Waals surface area contributed by atoms with Crippen molar-refractivity contribution < 1.29 is 5.11 Å². The van der Waals surface area contributed by atoms with E-state index in [0.29, 0.717) is 12.5 Å². The van der Waals surface area contributed by atoms with Crippen molar-refractivity contribution in [3.8, 4) is 0 Å². The van der Waals surface area contributed by atoms with Gasteiger partial charge in [-0.3, -0.25) is 0 Å². The molecule has 0 amide bonds. The van der Waals surface area contributed by atoms with Gasteiger partial charge < -0.3 is 5.11 Å². The van der Waals surface area contributed by atoms with Gasteiger partial charge in [0.1, 0.15) is 0 Å². The van der Waals surface area contributed by atoms with E-state index in [2.05, 4.69) is 20.8 Å². The van der Waals surface area contributed by atoms with E-state index in [-0.39, 0.29) is 0 Å². The van der Waals surface area contributed by atoms with Crippen LogP contribution in [0.2, 0.25) is 0 Å². The zero-order chi connectivity index (χ0) is 8.69. The summed E-state index contributed by atoms with van der Waals surface area (Å²) in [6.07, 6.45) is 5.06. The molecule has 0 saturated carbocycles. The Kier molecular flexibility index (Phi) is 6.63. The second-order valence-corrected chi connectivity index (χ2v) is 3.73. The van der Waals surface area contributed by atoms with Crippen LogP contribution in [-0.4, -0.2) is 11.7 Å². The molecular formula is C10H22O. The highest BCUT2D eigenvalue weighted by Gasteiger charge is 2.02. The zero-order valence-electron chi connectivity index (χ0n) is 8.14. The lowest BCUT2D eigenvalue weighted by Crippen LogP contribution is -2.01. The van der Waals surface area contributed by atoms with Crippen molar-refractivity contribution in [2.45, 2.75) is 46.5 Å². The van der Waals surface area contributed by atoms with Crippen molar-refractivity contribution in [3.63, 3.8) is 0 Å². The summed E-state index contributed by atoms with van der Waals surface area (Å²) in [4.78, 5) is 0. The Morgan fingerprint density at radius 1 is 1.09 bits per heavy atom. The predicted molar refractivity (Wildman–Crippen MR) is 49.6 cm³/mol. The number of aliphatic hydroxyl groups excluding tert-OH is 1. The van der Waals surface area contributed by atoms with Gasteiger partial charge in [-0.25, -0.2) is 0 Å². The molecule has 0 aliphatic rings. The molecule has 1 N–H and O–H groups in total. The summed E-state index contributed by atoms with van der Waals surface area (Å²) < 4.78 is 0. The second-order valence-electron chi connectivity index (χ2n) is 3.73.